The number of non-ortho nitro benzene ring substituents is 1. The number of nitrogens with two attached hydrogens (primary N) is 2. The lowest BCUT2D eigenvalue weighted by molar-refractivity contribution is -0.384. The molecular weight excluding hydrogens is 540 g/mol. The maximum Gasteiger partial charge on any atom is 0.272 e. The number of hydrogen-bond donors (Lipinski definition) is 3. The van der Waals surface area contributed by atoms with Gasteiger partial charge in [-0.1, -0.05) is 18.2 Å². The smallest absolute Gasteiger partial charge is 0.272 e. The molecule has 3 rings (SSSR count). The maximum atomic E-state index is 12.6. The fourth-order valence-corrected chi connectivity index (χ4v) is 3.78. The van der Waals surface area contributed by atoms with Gasteiger partial charge in [0.15, 0.2) is 6.29 Å². The molecule has 0 aliphatic carbocycles. The van der Waals surface area contributed by atoms with Crippen molar-refractivity contribution in [3.63, 3.8) is 0 Å². The van der Waals surface area contributed by atoms with Crippen LogP contribution in [-0.2, 0) is 4.79 Å². The van der Waals surface area contributed by atoms with E-state index < -0.39 is 4.92 Å². The summed E-state index contributed by atoms with van der Waals surface area (Å²) in [4.78, 5) is 48.3. The van der Waals surface area contributed by atoms with Gasteiger partial charge in [0.25, 0.3) is 11.6 Å². The van der Waals surface area contributed by atoms with Crippen LogP contribution in [0, 0.1) is 32.8 Å². The fourth-order valence-electron chi connectivity index (χ4n) is 3.78. The molecule has 0 bridgehead atoms. The Morgan fingerprint density at radius 1 is 1.02 bits per heavy atom. The second-order valence-electron chi connectivity index (χ2n) is 9.09. The number of nitro groups is 1. The number of carbonyl (C=O) groups excluding carboxylic acids is 3. The molecule has 2 amide bonds. The van der Waals surface area contributed by atoms with Crippen molar-refractivity contribution in [2.24, 2.45) is 0 Å². The molecule has 0 radical (unpaired) electrons. The van der Waals surface area contributed by atoms with Gasteiger partial charge in [-0.2, -0.15) is 10.5 Å². The Labute approximate surface area is 242 Å². The fraction of sp³-hybridized carbons (Fsp3) is 0.207. The second kappa shape index (κ2) is 15.0. The molecule has 0 atom stereocenters. The number of carbonyl (C=O) groups is 3. The van der Waals surface area contributed by atoms with Gasteiger partial charge in [0, 0.05) is 57.5 Å². The molecule has 0 aliphatic heterocycles. The molecule has 0 spiro atoms. The van der Waals surface area contributed by atoms with E-state index in [4.69, 9.17) is 22.0 Å². The van der Waals surface area contributed by atoms with Gasteiger partial charge in [0.1, 0.15) is 12.1 Å². The molecule has 0 saturated heterocycles. The lowest BCUT2D eigenvalue weighted by Crippen LogP contribution is -2.31. The Morgan fingerprint density at radius 2 is 1.64 bits per heavy atom. The minimum Gasteiger partial charge on any atom is -0.397 e. The SMILES string of the molecule is CC(=O)Nc1cc(N(C)CCCN(C)C(=O)c2ccccc2C=O)ccc1N.N#Cc1cc([N+](=O)[O-])cc(C#N)c1N. The molecule has 0 unspecified atom stereocenters. The summed E-state index contributed by atoms with van der Waals surface area (Å²) in [5, 5.41) is 30.3. The highest BCUT2D eigenvalue weighted by Crippen LogP contribution is 2.25. The van der Waals surface area contributed by atoms with E-state index in [0.717, 1.165) is 24.2 Å². The van der Waals surface area contributed by atoms with Crippen LogP contribution in [0.5, 0.6) is 0 Å². The van der Waals surface area contributed by atoms with Crippen molar-refractivity contribution in [3.8, 4) is 12.1 Å². The number of aldehydes is 1. The molecular formula is C29H30N8O5. The molecule has 5 N–H and O–H groups in total. The number of benzene rings is 3. The minimum absolute atomic E-state index is 0.0272. The van der Waals surface area contributed by atoms with E-state index >= 15 is 0 Å². The Hall–Kier alpha value is -5.95. The number of hydrogen-bond acceptors (Lipinski definition) is 10. The summed E-state index contributed by atoms with van der Waals surface area (Å²) in [5.74, 6) is -0.354. The van der Waals surface area contributed by atoms with Crippen molar-refractivity contribution in [1.82, 2.24) is 4.90 Å². The van der Waals surface area contributed by atoms with Crippen LogP contribution in [0.3, 0.4) is 0 Å². The number of anilines is 4. The van der Waals surface area contributed by atoms with Gasteiger partial charge >= 0.3 is 0 Å². The number of nitriles is 2. The number of rotatable bonds is 9. The molecule has 0 heterocycles. The standard InChI is InChI=1S/C21H26N4O3.C8H4N4O2/c1-15(27)23-20-13-17(9-10-19(20)22)24(2)11-6-12-25(3)21(28)18-8-5-4-7-16(18)14-26;9-3-5-1-7(12(13)14)2-6(4-10)8(5)11/h4-5,7-10,13-14H,6,11-12,22H2,1-3H3,(H,23,27);1-2H,11H2. The monoisotopic (exact) mass is 570 g/mol. The Bertz CT molecular complexity index is 1540. The van der Waals surface area contributed by atoms with Crippen molar-refractivity contribution in [1.29, 1.82) is 10.5 Å². The molecule has 3 aromatic carbocycles. The van der Waals surface area contributed by atoms with Crippen LogP contribution >= 0.6 is 0 Å². The van der Waals surface area contributed by atoms with E-state index in [2.05, 4.69) is 5.32 Å². The van der Waals surface area contributed by atoms with Crippen LogP contribution < -0.4 is 21.7 Å². The van der Waals surface area contributed by atoms with E-state index in [1.807, 2.05) is 24.1 Å². The van der Waals surface area contributed by atoms with Crippen LogP contribution in [0.1, 0.15) is 45.2 Å². The summed E-state index contributed by atoms with van der Waals surface area (Å²) in [6.45, 7) is 2.69. The number of nitro benzene ring substituents is 1. The molecule has 0 saturated carbocycles. The van der Waals surface area contributed by atoms with Crippen LogP contribution in [0.4, 0.5) is 28.4 Å². The molecule has 13 heteroatoms. The molecule has 216 valence electrons. The van der Waals surface area contributed by atoms with Crippen molar-refractivity contribution >= 4 is 46.5 Å². The van der Waals surface area contributed by atoms with Gasteiger partial charge in [-0.05, 0) is 30.7 Å². The normalized spacial score (nSPS) is 9.74. The van der Waals surface area contributed by atoms with E-state index in [0.29, 0.717) is 41.9 Å². The number of nitrogens with one attached hydrogen (secondary N) is 1. The summed E-state index contributed by atoms with van der Waals surface area (Å²) in [5.41, 5.74) is 13.6. The van der Waals surface area contributed by atoms with Gasteiger partial charge in [-0.25, -0.2) is 0 Å². The van der Waals surface area contributed by atoms with E-state index in [9.17, 15) is 24.5 Å². The number of nitrogens with zero attached hydrogens (tertiary/aromatic N) is 5. The third-order valence-electron chi connectivity index (χ3n) is 6.06. The first-order valence-corrected chi connectivity index (χ1v) is 12.5. The highest BCUT2D eigenvalue weighted by atomic mass is 16.6. The van der Waals surface area contributed by atoms with Crippen molar-refractivity contribution < 1.29 is 19.3 Å². The van der Waals surface area contributed by atoms with Gasteiger partial charge in [0.05, 0.1) is 38.7 Å². The average Bonchev–Trinajstić information content (AvgIpc) is 2.97. The van der Waals surface area contributed by atoms with E-state index in [-0.39, 0.29) is 34.3 Å². The van der Waals surface area contributed by atoms with Gasteiger partial charge in [0.2, 0.25) is 5.91 Å². The predicted octanol–water partition coefficient (Wildman–Crippen LogP) is 3.56. The summed E-state index contributed by atoms with van der Waals surface area (Å²) < 4.78 is 0. The van der Waals surface area contributed by atoms with Crippen LogP contribution in [0.15, 0.2) is 54.6 Å². The lowest BCUT2D eigenvalue weighted by atomic mass is 10.1. The molecule has 42 heavy (non-hydrogen) atoms. The largest absolute Gasteiger partial charge is 0.397 e. The lowest BCUT2D eigenvalue weighted by Gasteiger charge is -2.23. The molecule has 13 nitrogen and oxygen atoms in total. The number of nitrogen functional groups attached to an aromatic ring is 2. The second-order valence-corrected chi connectivity index (χ2v) is 9.09. The average molecular weight is 571 g/mol. The predicted molar refractivity (Wildman–Crippen MR) is 159 cm³/mol. The Kier molecular flexibility index (Phi) is 11.5. The van der Waals surface area contributed by atoms with Crippen molar-refractivity contribution in [2.45, 2.75) is 13.3 Å². The Morgan fingerprint density at radius 3 is 2.19 bits per heavy atom. The highest BCUT2D eigenvalue weighted by Gasteiger charge is 2.16. The zero-order valence-electron chi connectivity index (χ0n) is 23.3. The molecule has 0 fully saturated rings. The molecule has 0 aliphatic rings. The van der Waals surface area contributed by atoms with Crippen LogP contribution in [-0.4, -0.2) is 55.1 Å². The topological polar surface area (TPSA) is 212 Å². The van der Waals surface area contributed by atoms with Gasteiger partial charge < -0.3 is 26.6 Å². The first kappa shape index (κ1) is 32.3. The molecule has 0 aromatic heterocycles. The number of amides is 2. The third kappa shape index (κ3) is 8.53. The Balaban J connectivity index is 0.000000369. The van der Waals surface area contributed by atoms with Gasteiger partial charge in [-0.15, -0.1) is 0 Å². The van der Waals surface area contributed by atoms with Crippen molar-refractivity contribution in [2.75, 3.05) is 48.9 Å². The van der Waals surface area contributed by atoms with Crippen LogP contribution in [0.2, 0.25) is 0 Å². The minimum atomic E-state index is -0.679. The van der Waals surface area contributed by atoms with Gasteiger partial charge in [-0.3, -0.25) is 24.5 Å². The van der Waals surface area contributed by atoms with Crippen molar-refractivity contribution in [3.05, 3.63) is 87.0 Å². The quantitative estimate of drug-likeness (QED) is 0.147. The summed E-state index contributed by atoms with van der Waals surface area (Å²) in [6, 6.07) is 17.7. The zero-order valence-corrected chi connectivity index (χ0v) is 23.3. The van der Waals surface area contributed by atoms with E-state index in [1.54, 1.807) is 54.4 Å². The first-order valence-electron chi connectivity index (χ1n) is 12.5. The summed E-state index contributed by atoms with van der Waals surface area (Å²) in [7, 11) is 3.66. The van der Waals surface area contributed by atoms with E-state index in [1.165, 1.54) is 6.92 Å². The summed E-state index contributed by atoms with van der Waals surface area (Å²) in [6.07, 6.45) is 1.43. The third-order valence-corrected chi connectivity index (χ3v) is 6.06. The molecule has 3 aromatic rings. The first-order chi connectivity index (χ1) is 19.9. The van der Waals surface area contributed by atoms with Crippen LogP contribution in [0.25, 0.3) is 0 Å². The summed E-state index contributed by atoms with van der Waals surface area (Å²) >= 11 is 0. The zero-order chi connectivity index (χ0) is 31.4. The highest BCUT2D eigenvalue weighted by molar-refractivity contribution is 6.01. The maximum absolute atomic E-state index is 12.6.